The van der Waals surface area contributed by atoms with E-state index in [2.05, 4.69) is 36.8 Å². The summed E-state index contributed by atoms with van der Waals surface area (Å²) in [5, 5.41) is 10.7. The zero-order valence-electron chi connectivity index (χ0n) is 10.8. The van der Waals surface area contributed by atoms with Crippen molar-refractivity contribution in [3.05, 3.63) is 21.9 Å². The number of ether oxygens (including phenoxy) is 1. The number of likely N-dealkylation sites (N-methyl/N-ethyl adjacent to an activating group) is 1. The molecule has 1 aromatic heterocycles. The van der Waals surface area contributed by atoms with Crippen molar-refractivity contribution < 1.29 is 9.84 Å². The van der Waals surface area contributed by atoms with Crippen LogP contribution in [0.25, 0.3) is 0 Å². The van der Waals surface area contributed by atoms with E-state index in [-0.39, 0.29) is 6.61 Å². The van der Waals surface area contributed by atoms with E-state index < -0.39 is 0 Å². The lowest BCUT2D eigenvalue weighted by atomic mass is 10.1. The third-order valence-corrected chi connectivity index (χ3v) is 4.19. The largest absolute Gasteiger partial charge is 0.384 e. The molecule has 0 saturated carbocycles. The second-order valence-electron chi connectivity index (χ2n) is 4.61. The first-order valence-corrected chi connectivity index (χ1v) is 7.07. The molecule has 0 aliphatic carbocycles. The molecule has 2 heterocycles. The molecule has 3 nitrogen and oxygen atoms in total. The molecular weight excluding hydrogens is 246 g/mol. The molecule has 1 N–H and O–H groups in total. The van der Waals surface area contributed by atoms with Crippen molar-refractivity contribution in [2.45, 2.75) is 32.0 Å². The fourth-order valence-corrected chi connectivity index (χ4v) is 3.21. The van der Waals surface area contributed by atoms with Crippen molar-refractivity contribution in [3.8, 4) is 11.8 Å². The number of aliphatic hydroxyl groups is 1. The molecule has 1 fully saturated rings. The lowest BCUT2D eigenvalue weighted by molar-refractivity contribution is 0.0817. The first kappa shape index (κ1) is 13.6. The number of nitrogens with zero attached hydrogens (tertiary/aromatic N) is 1. The Morgan fingerprint density at radius 3 is 3.11 bits per heavy atom. The van der Waals surface area contributed by atoms with Gasteiger partial charge in [0, 0.05) is 35.0 Å². The zero-order valence-corrected chi connectivity index (χ0v) is 11.7. The summed E-state index contributed by atoms with van der Waals surface area (Å²) >= 11 is 1.72. The van der Waals surface area contributed by atoms with Crippen LogP contribution in [-0.2, 0) is 11.3 Å². The number of hydrogen-bond acceptors (Lipinski definition) is 4. The summed E-state index contributed by atoms with van der Waals surface area (Å²) in [6.07, 6.45) is 1.43. The first-order valence-electron chi connectivity index (χ1n) is 6.19. The van der Waals surface area contributed by atoms with Crippen LogP contribution in [0.3, 0.4) is 0 Å². The van der Waals surface area contributed by atoms with Crippen LogP contribution in [-0.4, -0.2) is 42.4 Å². The van der Waals surface area contributed by atoms with Gasteiger partial charge in [-0.2, -0.15) is 0 Å². The number of thiophene rings is 1. The van der Waals surface area contributed by atoms with E-state index in [0.29, 0.717) is 12.1 Å². The first-order chi connectivity index (χ1) is 8.70. The Balaban J connectivity index is 1.94. The maximum atomic E-state index is 8.66. The Kier molecular flexibility index (Phi) is 4.79. The standard InChI is InChI=1S/C14H19NO2S/c1-11-14(5-7-17-11)15(2)9-13-8-12(10-18-13)4-3-6-16/h8,10-11,14,16H,5-7,9H2,1-2H3. The van der Waals surface area contributed by atoms with Crippen LogP contribution >= 0.6 is 11.3 Å². The fourth-order valence-electron chi connectivity index (χ4n) is 2.33. The topological polar surface area (TPSA) is 32.7 Å². The van der Waals surface area contributed by atoms with E-state index in [1.807, 2.05) is 5.38 Å². The third-order valence-electron chi connectivity index (χ3n) is 3.27. The van der Waals surface area contributed by atoms with Gasteiger partial charge < -0.3 is 9.84 Å². The van der Waals surface area contributed by atoms with Crippen molar-refractivity contribution in [3.63, 3.8) is 0 Å². The highest BCUT2D eigenvalue weighted by atomic mass is 32.1. The maximum absolute atomic E-state index is 8.66. The van der Waals surface area contributed by atoms with E-state index in [4.69, 9.17) is 9.84 Å². The second-order valence-corrected chi connectivity index (χ2v) is 5.60. The van der Waals surface area contributed by atoms with Crippen LogP contribution in [0.4, 0.5) is 0 Å². The van der Waals surface area contributed by atoms with Gasteiger partial charge in [-0.3, -0.25) is 4.90 Å². The minimum atomic E-state index is -0.0813. The van der Waals surface area contributed by atoms with Gasteiger partial charge in [0.2, 0.25) is 0 Å². The molecular formula is C14H19NO2S. The Morgan fingerprint density at radius 2 is 2.44 bits per heavy atom. The summed E-state index contributed by atoms with van der Waals surface area (Å²) in [5.74, 6) is 5.61. The molecule has 1 aliphatic rings. The molecule has 2 rings (SSSR count). The average molecular weight is 265 g/mol. The van der Waals surface area contributed by atoms with Crippen molar-refractivity contribution in [2.24, 2.45) is 0 Å². The molecule has 98 valence electrons. The summed E-state index contributed by atoms with van der Waals surface area (Å²) in [4.78, 5) is 3.66. The minimum absolute atomic E-state index is 0.0813. The molecule has 0 radical (unpaired) electrons. The maximum Gasteiger partial charge on any atom is 0.104 e. The lowest BCUT2D eigenvalue weighted by Crippen LogP contribution is -2.35. The molecule has 4 heteroatoms. The predicted octanol–water partition coefficient (Wildman–Crippen LogP) is 1.70. The van der Waals surface area contributed by atoms with Crippen LogP contribution < -0.4 is 0 Å². The van der Waals surface area contributed by atoms with E-state index >= 15 is 0 Å². The molecule has 2 unspecified atom stereocenters. The summed E-state index contributed by atoms with van der Waals surface area (Å²) in [6.45, 7) is 3.86. The average Bonchev–Trinajstić information content (AvgIpc) is 2.95. The predicted molar refractivity (Wildman–Crippen MR) is 73.6 cm³/mol. The molecule has 1 aliphatic heterocycles. The van der Waals surface area contributed by atoms with Gasteiger partial charge in [0.1, 0.15) is 6.61 Å². The minimum Gasteiger partial charge on any atom is -0.384 e. The highest BCUT2D eigenvalue weighted by Gasteiger charge is 2.27. The quantitative estimate of drug-likeness (QED) is 0.844. The van der Waals surface area contributed by atoms with Crippen LogP contribution in [0.5, 0.6) is 0 Å². The fraction of sp³-hybridized carbons (Fsp3) is 0.571. The van der Waals surface area contributed by atoms with Gasteiger partial charge in [-0.05, 0) is 26.5 Å². The van der Waals surface area contributed by atoms with Gasteiger partial charge in [-0.15, -0.1) is 11.3 Å². The molecule has 0 bridgehead atoms. The van der Waals surface area contributed by atoms with Crippen molar-refractivity contribution >= 4 is 11.3 Å². The van der Waals surface area contributed by atoms with Crippen molar-refractivity contribution in [1.82, 2.24) is 4.90 Å². The second kappa shape index (κ2) is 6.35. The van der Waals surface area contributed by atoms with E-state index in [1.165, 1.54) is 4.88 Å². The summed E-state index contributed by atoms with van der Waals surface area (Å²) < 4.78 is 5.59. The smallest absolute Gasteiger partial charge is 0.104 e. The highest BCUT2D eigenvalue weighted by molar-refractivity contribution is 7.10. The lowest BCUT2D eigenvalue weighted by Gasteiger charge is -2.25. The number of aliphatic hydroxyl groups excluding tert-OH is 1. The van der Waals surface area contributed by atoms with Crippen LogP contribution in [0.2, 0.25) is 0 Å². The molecule has 18 heavy (non-hydrogen) atoms. The van der Waals surface area contributed by atoms with Crippen LogP contribution in [0.1, 0.15) is 23.8 Å². The molecule has 1 saturated heterocycles. The van der Waals surface area contributed by atoms with E-state index in [9.17, 15) is 0 Å². The van der Waals surface area contributed by atoms with E-state index in [1.54, 1.807) is 11.3 Å². The van der Waals surface area contributed by atoms with Gasteiger partial charge in [-0.1, -0.05) is 11.8 Å². The molecule has 0 amide bonds. The number of rotatable bonds is 3. The summed E-state index contributed by atoms with van der Waals surface area (Å²) in [6, 6.07) is 2.61. The molecule has 2 atom stereocenters. The Labute approximate surface area is 112 Å². The third kappa shape index (κ3) is 3.33. The zero-order chi connectivity index (χ0) is 13.0. The van der Waals surface area contributed by atoms with Gasteiger partial charge >= 0.3 is 0 Å². The Hall–Kier alpha value is -0.860. The molecule has 0 spiro atoms. The van der Waals surface area contributed by atoms with Crippen molar-refractivity contribution in [1.29, 1.82) is 0 Å². The summed E-state index contributed by atoms with van der Waals surface area (Å²) in [5.41, 5.74) is 0.994. The van der Waals surface area contributed by atoms with E-state index in [0.717, 1.165) is 25.1 Å². The monoisotopic (exact) mass is 265 g/mol. The van der Waals surface area contributed by atoms with Gasteiger partial charge in [0.25, 0.3) is 0 Å². The Morgan fingerprint density at radius 1 is 1.61 bits per heavy atom. The van der Waals surface area contributed by atoms with Gasteiger partial charge in [0.15, 0.2) is 0 Å². The normalized spacial score (nSPS) is 23.1. The SMILES string of the molecule is CC1OCCC1N(C)Cc1cc(C#CCO)cs1. The summed E-state index contributed by atoms with van der Waals surface area (Å²) in [7, 11) is 2.15. The number of hydrogen-bond donors (Lipinski definition) is 1. The molecule has 1 aromatic rings. The van der Waals surface area contributed by atoms with Crippen LogP contribution in [0.15, 0.2) is 11.4 Å². The van der Waals surface area contributed by atoms with Crippen LogP contribution in [0, 0.1) is 11.8 Å². The van der Waals surface area contributed by atoms with Crippen molar-refractivity contribution in [2.75, 3.05) is 20.3 Å². The van der Waals surface area contributed by atoms with Gasteiger partial charge in [0.05, 0.1) is 6.10 Å². The highest BCUT2D eigenvalue weighted by Crippen LogP contribution is 2.22. The Bertz CT molecular complexity index is 446. The van der Waals surface area contributed by atoms with Gasteiger partial charge in [-0.25, -0.2) is 0 Å². The molecule has 0 aromatic carbocycles.